The van der Waals surface area contributed by atoms with Gasteiger partial charge in [0.15, 0.2) is 5.69 Å². The first kappa shape index (κ1) is 14.6. The van der Waals surface area contributed by atoms with E-state index in [0.29, 0.717) is 11.9 Å². The summed E-state index contributed by atoms with van der Waals surface area (Å²) in [5.41, 5.74) is 1.88. The van der Waals surface area contributed by atoms with Crippen molar-refractivity contribution in [2.45, 2.75) is 6.10 Å². The molecule has 0 aliphatic carbocycles. The van der Waals surface area contributed by atoms with Crippen LogP contribution >= 0.6 is 11.6 Å². The van der Waals surface area contributed by atoms with E-state index < -0.39 is 12.1 Å². The van der Waals surface area contributed by atoms with Crippen LogP contribution in [0.3, 0.4) is 0 Å². The second-order valence-electron chi connectivity index (χ2n) is 4.38. The summed E-state index contributed by atoms with van der Waals surface area (Å²) in [4.78, 5) is 11.7. The number of benzene rings is 1. The standard InChI is InChI=1S/C13H16ClN3O3/c1-17-11-4-3-8(15-7-9(18)6-14)5-10(11)12(16-17)13(19)20-2/h3-5,9,15,18H,6-7H2,1-2H3. The maximum absolute atomic E-state index is 11.7. The summed E-state index contributed by atoms with van der Waals surface area (Å²) in [5.74, 6) is -0.316. The Labute approximate surface area is 121 Å². The molecule has 7 heteroatoms. The lowest BCUT2D eigenvalue weighted by atomic mass is 10.2. The van der Waals surface area contributed by atoms with Crippen molar-refractivity contribution in [3.8, 4) is 0 Å². The first-order valence-electron chi connectivity index (χ1n) is 6.09. The van der Waals surface area contributed by atoms with Gasteiger partial charge in [0.05, 0.1) is 24.6 Å². The van der Waals surface area contributed by atoms with E-state index in [2.05, 4.69) is 10.4 Å². The summed E-state index contributed by atoms with van der Waals surface area (Å²) in [6, 6.07) is 5.51. The molecule has 20 heavy (non-hydrogen) atoms. The van der Waals surface area contributed by atoms with Crippen LogP contribution in [-0.2, 0) is 11.8 Å². The molecule has 0 saturated carbocycles. The highest BCUT2D eigenvalue weighted by Gasteiger charge is 2.16. The number of rotatable bonds is 5. The Morgan fingerprint density at radius 1 is 1.60 bits per heavy atom. The number of aryl methyl sites for hydroxylation is 1. The number of halogens is 1. The van der Waals surface area contributed by atoms with Crippen LogP contribution in [0.2, 0.25) is 0 Å². The number of nitrogens with zero attached hydrogens (tertiary/aromatic N) is 2. The Morgan fingerprint density at radius 3 is 3.00 bits per heavy atom. The topological polar surface area (TPSA) is 76.4 Å². The number of carbonyl (C=O) groups is 1. The Bertz CT molecular complexity index is 627. The minimum atomic E-state index is -0.624. The smallest absolute Gasteiger partial charge is 0.359 e. The normalized spacial score (nSPS) is 12.4. The Kier molecular flexibility index (Phi) is 4.46. The summed E-state index contributed by atoms with van der Waals surface area (Å²) < 4.78 is 6.34. The molecule has 0 fully saturated rings. The maximum Gasteiger partial charge on any atom is 0.359 e. The number of carbonyl (C=O) groups excluding carboxylic acids is 1. The van der Waals surface area contributed by atoms with E-state index in [1.807, 2.05) is 12.1 Å². The summed E-state index contributed by atoms with van der Waals surface area (Å²) in [7, 11) is 3.08. The van der Waals surface area contributed by atoms with Crippen molar-refractivity contribution in [1.82, 2.24) is 9.78 Å². The van der Waals surface area contributed by atoms with E-state index in [0.717, 1.165) is 11.2 Å². The molecule has 0 aliphatic rings. The van der Waals surface area contributed by atoms with Crippen LogP contribution in [0.5, 0.6) is 0 Å². The lowest BCUT2D eigenvalue weighted by molar-refractivity contribution is 0.0595. The molecule has 1 atom stereocenters. The van der Waals surface area contributed by atoms with E-state index in [1.54, 1.807) is 17.8 Å². The van der Waals surface area contributed by atoms with Gasteiger partial charge in [-0.25, -0.2) is 4.79 Å². The monoisotopic (exact) mass is 297 g/mol. The summed E-state index contributed by atoms with van der Waals surface area (Å²) in [6.45, 7) is 0.336. The number of anilines is 1. The van der Waals surface area contributed by atoms with Crippen molar-refractivity contribution < 1.29 is 14.6 Å². The Morgan fingerprint density at radius 2 is 2.35 bits per heavy atom. The average Bonchev–Trinajstić information content (AvgIpc) is 2.80. The lowest BCUT2D eigenvalue weighted by Gasteiger charge is -2.10. The third kappa shape index (κ3) is 2.86. The molecule has 2 N–H and O–H groups in total. The van der Waals surface area contributed by atoms with Gasteiger partial charge in [0.1, 0.15) is 0 Å². The molecule has 0 bridgehead atoms. The fourth-order valence-electron chi connectivity index (χ4n) is 1.91. The molecule has 6 nitrogen and oxygen atoms in total. The van der Waals surface area contributed by atoms with Crippen molar-refractivity contribution in [1.29, 1.82) is 0 Å². The maximum atomic E-state index is 11.7. The molecule has 1 aromatic heterocycles. The summed E-state index contributed by atoms with van der Waals surface area (Å²) in [6.07, 6.45) is -0.624. The molecule has 1 heterocycles. The Balaban J connectivity index is 2.34. The van der Waals surface area contributed by atoms with Crippen LogP contribution in [0.1, 0.15) is 10.5 Å². The zero-order chi connectivity index (χ0) is 14.7. The molecular weight excluding hydrogens is 282 g/mol. The third-order valence-electron chi connectivity index (χ3n) is 2.95. The van der Waals surface area contributed by atoms with Gasteiger partial charge in [-0.2, -0.15) is 5.10 Å². The number of alkyl halides is 1. The van der Waals surface area contributed by atoms with Crippen molar-refractivity contribution in [2.75, 3.05) is 24.9 Å². The third-order valence-corrected chi connectivity index (χ3v) is 3.31. The number of nitrogens with one attached hydrogen (secondary N) is 1. The van der Waals surface area contributed by atoms with Gasteiger partial charge in [-0.15, -0.1) is 11.6 Å². The molecule has 0 spiro atoms. The molecule has 108 valence electrons. The predicted molar refractivity (Wildman–Crippen MR) is 77.3 cm³/mol. The number of aliphatic hydroxyl groups excluding tert-OH is 1. The van der Waals surface area contributed by atoms with E-state index in [-0.39, 0.29) is 11.6 Å². The highest BCUT2D eigenvalue weighted by atomic mass is 35.5. The second kappa shape index (κ2) is 6.11. The van der Waals surface area contributed by atoms with Crippen LogP contribution in [0.15, 0.2) is 18.2 Å². The minimum Gasteiger partial charge on any atom is -0.464 e. The van der Waals surface area contributed by atoms with E-state index in [1.165, 1.54) is 7.11 Å². The van der Waals surface area contributed by atoms with Crippen LogP contribution in [0.25, 0.3) is 10.9 Å². The Hall–Kier alpha value is -1.79. The van der Waals surface area contributed by atoms with Gasteiger partial charge >= 0.3 is 5.97 Å². The van der Waals surface area contributed by atoms with Gasteiger partial charge in [-0.1, -0.05) is 0 Å². The highest BCUT2D eigenvalue weighted by molar-refractivity contribution is 6.18. The predicted octanol–water partition coefficient (Wildman–Crippen LogP) is 1.37. The fraction of sp³-hybridized carbons (Fsp3) is 0.385. The van der Waals surface area contributed by atoms with Gasteiger partial charge in [-0.05, 0) is 18.2 Å². The second-order valence-corrected chi connectivity index (χ2v) is 4.69. The number of methoxy groups -OCH3 is 1. The summed E-state index contributed by atoms with van der Waals surface area (Å²) in [5, 5.41) is 17.3. The van der Waals surface area contributed by atoms with Crippen molar-refractivity contribution in [2.24, 2.45) is 7.05 Å². The van der Waals surface area contributed by atoms with Gasteiger partial charge < -0.3 is 15.2 Å². The van der Waals surface area contributed by atoms with E-state index >= 15 is 0 Å². The number of ether oxygens (including phenoxy) is 1. The number of aliphatic hydroxyl groups is 1. The average molecular weight is 298 g/mol. The number of aromatic nitrogens is 2. The minimum absolute atomic E-state index is 0.162. The van der Waals surface area contributed by atoms with Crippen LogP contribution in [-0.4, -0.2) is 46.5 Å². The number of hydrogen-bond acceptors (Lipinski definition) is 5. The van der Waals surface area contributed by atoms with Gasteiger partial charge in [0.25, 0.3) is 0 Å². The molecule has 2 aromatic rings. The zero-order valence-electron chi connectivity index (χ0n) is 11.3. The molecule has 0 saturated heterocycles. The van der Waals surface area contributed by atoms with Crippen molar-refractivity contribution in [3.05, 3.63) is 23.9 Å². The first-order chi connectivity index (χ1) is 9.56. The molecule has 1 aromatic carbocycles. The molecule has 0 aliphatic heterocycles. The number of hydrogen-bond donors (Lipinski definition) is 2. The van der Waals surface area contributed by atoms with E-state index in [9.17, 15) is 9.90 Å². The summed E-state index contributed by atoms with van der Waals surface area (Å²) >= 11 is 5.54. The van der Waals surface area contributed by atoms with Crippen molar-refractivity contribution >= 4 is 34.2 Å². The number of fused-ring (bicyclic) bond motifs is 1. The molecular formula is C13H16ClN3O3. The van der Waals surface area contributed by atoms with Gasteiger partial charge in [0.2, 0.25) is 0 Å². The van der Waals surface area contributed by atoms with E-state index in [4.69, 9.17) is 16.3 Å². The fourth-order valence-corrected chi connectivity index (χ4v) is 2.02. The zero-order valence-corrected chi connectivity index (χ0v) is 12.0. The van der Waals surface area contributed by atoms with Crippen LogP contribution < -0.4 is 5.32 Å². The van der Waals surface area contributed by atoms with Crippen LogP contribution in [0.4, 0.5) is 5.69 Å². The van der Waals surface area contributed by atoms with Gasteiger partial charge in [0, 0.05) is 24.7 Å². The lowest BCUT2D eigenvalue weighted by Crippen LogP contribution is -2.20. The molecule has 1 unspecified atom stereocenters. The highest BCUT2D eigenvalue weighted by Crippen LogP contribution is 2.22. The number of esters is 1. The molecule has 2 rings (SSSR count). The SMILES string of the molecule is COC(=O)c1nn(C)c2ccc(NCC(O)CCl)cc12. The quantitative estimate of drug-likeness (QED) is 0.644. The van der Waals surface area contributed by atoms with Gasteiger partial charge in [-0.3, -0.25) is 4.68 Å². The van der Waals surface area contributed by atoms with Crippen LogP contribution in [0, 0.1) is 0 Å². The largest absolute Gasteiger partial charge is 0.464 e. The molecule has 0 radical (unpaired) electrons. The first-order valence-corrected chi connectivity index (χ1v) is 6.63. The molecule has 0 amide bonds. The van der Waals surface area contributed by atoms with Crippen molar-refractivity contribution in [3.63, 3.8) is 0 Å².